The number of likely N-dealkylation sites (tertiary alicyclic amines) is 1. The summed E-state index contributed by atoms with van der Waals surface area (Å²) >= 11 is 11.9. The van der Waals surface area contributed by atoms with Crippen molar-refractivity contribution in [1.29, 1.82) is 0 Å². The first-order chi connectivity index (χ1) is 17.9. The fourth-order valence-electron chi connectivity index (χ4n) is 4.81. The van der Waals surface area contributed by atoms with Gasteiger partial charge in [0, 0.05) is 63.8 Å². The van der Waals surface area contributed by atoms with Gasteiger partial charge in [0.1, 0.15) is 5.82 Å². The zero-order chi connectivity index (χ0) is 26.4. The van der Waals surface area contributed by atoms with E-state index >= 15 is 0 Å². The number of halogens is 2. The number of benzene rings is 2. The molecule has 3 aromatic rings. The molecule has 4 rings (SSSR count). The van der Waals surface area contributed by atoms with Crippen molar-refractivity contribution in [3.05, 3.63) is 63.9 Å². The monoisotopic (exact) mass is 545 g/mol. The lowest BCUT2D eigenvalue weighted by Crippen LogP contribution is -2.45. The van der Waals surface area contributed by atoms with Crippen molar-refractivity contribution in [3.8, 4) is 0 Å². The van der Waals surface area contributed by atoms with Crippen molar-refractivity contribution in [2.75, 3.05) is 33.4 Å². The smallest absolute Gasteiger partial charge is 0.251 e. The van der Waals surface area contributed by atoms with E-state index in [9.17, 15) is 9.59 Å². The maximum atomic E-state index is 13.1. The summed E-state index contributed by atoms with van der Waals surface area (Å²) in [5, 5.41) is 3.46. The first-order valence-electron chi connectivity index (χ1n) is 12.6. The number of carbonyl (C=O) groups is 2. The van der Waals surface area contributed by atoms with Crippen LogP contribution < -0.4 is 11.1 Å². The Hall–Kier alpha value is -2.65. The highest BCUT2D eigenvalue weighted by atomic mass is 35.5. The molecule has 1 aliphatic rings. The average Bonchev–Trinajstić information content (AvgIpc) is 3.27. The van der Waals surface area contributed by atoms with Crippen LogP contribution in [0.4, 0.5) is 0 Å². The van der Waals surface area contributed by atoms with E-state index in [4.69, 9.17) is 38.7 Å². The van der Waals surface area contributed by atoms with E-state index in [-0.39, 0.29) is 30.7 Å². The van der Waals surface area contributed by atoms with Gasteiger partial charge in [0.05, 0.1) is 21.1 Å². The minimum Gasteiger partial charge on any atom is -0.385 e. The topological polar surface area (TPSA) is 102 Å². The SMILES string of the molecule is COCCCn1c(C2CCCN(C(=O)CC(N)CNC(=O)c3ccc(Cl)c(Cl)c3)C2)nc2ccccc21. The Kier molecular flexibility index (Phi) is 9.43. The molecule has 0 radical (unpaired) electrons. The molecule has 0 saturated carbocycles. The Labute approximate surface area is 227 Å². The molecule has 2 amide bonds. The van der Waals surface area contributed by atoms with Gasteiger partial charge in [0.15, 0.2) is 0 Å². The number of hydrogen-bond acceptors (Lipinski definition) is 5. The molecule has 0 bridgehead atoms. The van der Waals surface area contributed by atoms with Crippen molar-refractivity contribution in [2.45, 2.75) is 44.2 Å². The molecule has 2 unspecified atom stereocenters. The van der Waals surface area contributed by atoms with Gasteiger partial charge in [-0.3, -0.25) is 9.59 Å². The summed E-state index contributed by atoms with van der Waals surface area (Å²) in [7, 11) is 1.71. The zero-order valence-corrected chi connectivity index (χ0v) is 22.5. The number of ether oxygens (including phenoxy) is 1. The zero-order valence-electron chi connectivity index (χ0n) is 21.0. The number of piperidine rings is 1. The van der Waals surface area contributed by atoms with Gasteiger partial charge in [-0.05, 0) is 49.6 Å². The van der Waals surface area contributed by atoms with Crippen LogP contribution in [-0.4, -0.2) is 65.7 Å². The number of para-hydroxylation sites is 2. The van der Waals surface area contributed by atoms with Crippen LogP contribution in [0.5, 0.6) is 0 Å². The number of aryl methyl sites for hydroxylation is 1. The lowest BCUT2D eigenvalue weighted by Gasteiger charge is -2.33. The van der Waals surface area contributed by atoms with Crippen molar-refractivity contribution >= 4 is 46.0 Å². The van der Waals surface area contributed by atoms with Gasteiger partial charge < -0.3 is 25.3 Å². The van der Waals surface area contributed by atoms with Crippen molar-refractivity contribution in [1.82, 2.24) is 19.8 Å². The van der Waals surface area contributed by atoms with Crippen molar-refractivity contribution < 1.29 is 14.3 Å². The maximum absolute atomic E-state index is 13.1. The summed E-state index contributed by atoms with van der Waals surface area (Å²) < 4.78 is 7.53. The molecule has 0 aliphatic carbocycles. The van der Waals surface area contributed by atoms with Crippen LogP contribution in [0.2, 0.25) is 10.0 Å². The van der Waals surface area contributed by atoms with Gasteiger partial charge in [-0.1, -0.05) is 35.3 Å². The summed E-state index contributed by atoms with van der Waals surface area (Å²) in [6.07, 6.45) is 2.92. The maximum Gasteiger partial charge on any atom is 0.251 e. The summed E-state index contributed by atoms with van der Waals surface area (Å²) in [5.74, 6) is 0.848. The van der Waals surface area contributed by atoms with Crippen LogP contribution in [0.15, 0.2) is 42.5 Å². The lowest BCUT2D eigenvalue weighted by molar-refractivity contribution is -0.132. The van der Waals surface area contributed by atoms with Gasteiger partial charge in [0.25, 0.3) is 5.91 Å². The summed E-state index contributed by atoms with van der Waals surface area (Å²) in [6, 6.07) is 12.3. The Balaban J connectivity index is 1.36. The van der Waals surface area contributed by atoms with Gasteiger partial charge in [-0.25, -0.2) is 4.98 Å². The lowest BCUT2D eigenvalue weighted by atomic mass is 9.96. The minimum atomic E-state index is -0.502. The normalized spacial score (nSPS) is 16.6. The van der Waals surface area contributed by atoms with E-state index in [0.717, 1.165) is 42.7 Å². The predicted octanol–water partition coefficient (Wildman–Crippen LogP) is 4.23. The highest BCUT2D eigenvalue weighted by Gasteiger charge is 2.29. The number of methoxy groups -OCH3 is 1. The molecule has 3 N–H and O–H groups in total. The number of imidazole rings is 1. The molecule has 0 spiro atoms. The molecule has 1 saturated heterocycles. The van der Waals surface area contributed by atoms with Crippen LogP contribution in [0.3, 0.4) is 0 Å². The molecule has 1 fully saturated rings. The van der Waals surface area contributed by atoms with Gasteiger partial charge in [0.2, 0.25) is 5.91 Å². The van der Waals surface area contributed by atoms with E-state index in [1.54, 1.807) is 19.2 Å². The van der Waals surface area contributed by atoms with Crippen molar-refractivity contribution in [3.63, 3.8) is 0 Å². The number of aromatic nitrogens is 2. The highest BCUT2D eigenvalue weighted by molar-refractivity contribution is 6.42. The largest absolute Gasteiger partial charge is 0.385 e. The van der Waals surface area contributed by atoms with Crippen LogP contribution >= 0.6 is 23.2 Å². The third kappa shape index (κ3) is 6.82. The number of rotatable bonds is 10. The number of carbonyl (C=O) groups excluding carboxylic acids is 2. The van der Waals surface area contributed by atoms with E-state index in [1.807, 2.05) is 23.1 Å². The van der Waals surface area contributed by atoms with Gasteiger partial charge in [-0.2, -0.15) is 0 Å². The number of nitrogens with zero attached hydrogens (tertiary/aromatic N) is 3. The molecule has 2 aromatic carbocycles. The first-order valence-corrected chi connectivity index (χ1v) is 13.3. The van der Waals surface area contributed by atoms with Crippen LogP contribution in [0.25, 0.3) is 11.0 Å². The standard InChI is InChI=1S/C27H33Cl2N5O3/c1-37-13-5-12-34-24-8-3-2-7-23(24)32-26(34)19-6-4-11-33(17-19)25(35)15-20(30)16-31-27(36)18-9-10-21(28)22(29)14-18/h2-3,7-10,14,19-20H,4-6,11-13,15-17,30H2,1H3,(H,31,36). The average molecular weight is 546 g/mol. The first kappa shape index (κ1) is 27.4. The third-order valence-electron chi connectivity index (χ3n) is 6.70. The Bertz CT molecular complexity index is 1250. The quantitative estimate of drug-likeness (QED) is 0.371. The van der Waals surface area contributed by atoms with E-state index < -0.39 is 6.04 Å². The number of fused-ring (bicyclic) bond motifs is 1. The molecule has 2 heterocycles. The minimum absolute atomic E-state index is 0.0111. The van der Waals surface area contributed by atoms with Gasteiger partial charge in [-0.15, -0.1) is 0 Å². The predicted molar refractivity (Wildman–Crippen MR) is 146 cm³/mol. The second-order valence-electron chi connectivity index (χ2n) is 9.44. The van der Waals surface area contributed by atoms with Crippen LogP contribution in [0.1, 0.15) is 47.8 Å². The third-order valence-corrected chi connectivity index (χ3v) is 7.44. The second-order valence-corrected chi connectivity index (χ2v) is 10.3. The Morgan fingerprint density at radius 2 is 2.03 bits per heavy atom. The molecular formula is C27H33Cl2N5O3. The summed E-state index contributed by atoms with van der Waals surface area (Å²) in [6.45, 7) is 2.98. The number of hydrogen-bond donors (Lipinski definition) is 2. The molecular weight excluding hydrogens is 513 g/mol. The summed E-state index contributed by atoms with van der Waals surface area (Å²) in [5.41, 5.74) is 8.68. The molecule has 37 heavy (non-hydrogen) atoms. The van der Waals surface area contributed by atoms with Crippen molar-refractivity contribution in [2.24, 2.45) is 5.73 Å². The fourth-order valence-corrected chi connectivity index (χ4v) is 5.11. The van der Waals surface area contributed by atoms with E-state index in [2.05, 4.69) is 16.0 Å². The van der Waals surface area contributed by atoms with E-state index in [0.29, 0.717) is 35.3 Å². The molecule has 10 heteroatoms. The fraction of sp³-hybridized carbons (Fsp3) is 0.444. The number of nitrogens with two attached hydrogens (primary N) is 1. The number of nitrogens with one attached hydrogen (secondary N) is 1. The van der Waals surface area contributed by atoms with Crippen LogP contribution in [-0.2, 0) is 16.1 Å². The molecule has 198 valence electrons. The molecule has 1 aliphatic heterocycles. The summed E-state index contributed by atoms with van der Waals surface area (Å²) in [4.78, 5) is 32.4. The molecule has 2 atom stereocenters. The number of amides is 2. The van der Waals surface area contributed by atoms with E-state index in [1.165, 1.54) is 6.07 Å². The highest BCUT2D eigenvalue weighted by Crippen LogP contribution is 2.30. The van der Waals surface area contributed by atoms with Crippen LogP contribution in [0, 0.1) is 0 Å². The molecule has 1 aromatic heterocycles. The van der Waals surface area contributed by atoms with Gasteiger partial charge >= 0.3 is 0 Å². The Morgan fingerprint density at radius 3 is 2.81 bits per heavy atom. The second kappa shape index (κ2) is 12.7. The molecule has 8 nitrogen and oxygen atoms in total. The Morgan fingerprint density at radius 1 is 1.22 bits per heavy atom.